The molecular weight excluding hydrogens is 406 g/mol. The van der Waals surface area contributed by atoms with Gasteiger partial charge >= 0.3 is 6.09 Å². The summed E-state index contributed by atoms with van der Waals surface area (Å²) in [6.45, 7) is 6.41. The molecule has 8 heteroatoms. The van der Waals surface area contributed by atoms with Crippen LogP contribution in [0.4, 0.5) is 4.79 Å². The van der Waals surface area contributed by atoms with Gasteiger partial charge in [0, 0.05) is 6.42 Å². The predicted molar refractivity (Wildman–Crippen MR) is 102 cm³/mol. The molecule has 1 fully saturated rings. The molecule has 0 saturated carbocycles. The number of halogens is 1. The maximum absolute atomic E-state index is 12.5. The number of nitrogens with one attached hydrogen (secondary N) is 1. The molecule has 2 N–H and O–H groups in total. The third kappa shape index (κ3) is 3.04. The first-order valence-corrected chi connectivity index (χ1v) is 10.1. The Hall–Kier alpha value is -1.25. The molecule has 6 nitrogen and oxygen atoms in total. The molecule has 2 aromatic rings. The van der Waals surface area contributed by atoms with Gasteiger partial charge in [-0.1, -0.05) is 0 Å². The van der Waals surface area contributed by atoms with Crippen LogP contribution < -0.4 is 5.56 Å². The maximum Gasteiger partial charge on any atom is 0.514 e. The lowest BCUT2D eigenvalue weighted by molar-refractivity contribution is -0.932. The molecule has 1 unspecified atom stereocenters. The Kier molecular flexibility index (Phi) is 4.81. The number of fused-ring (bicyclic) bond motifs is 1. The largest absolute Gasteiger partial charge is 0.514 e. The van der Waals surface area contributed by atoms with Crippen LogP contribution in [-0.4, -0.2) is 37.7 Å². The molecule has 1 amide bonds. The van der Waals surface area contributed by atoms with E-state index in [4.69, 9.17) is 0 Å². The predicted octanol–water partition coefficient (Wildman–Crippen LogP) is 4.66. The van der Waals surface area contributed by atoms with Crippen molar-refractivity contribution in [1.82, 2.24) is 9.97 Å². The van der Waals surface area contributed by atoms with Crippen molar-refractivity contribution in [2.45, 2.75) is 58.0 Å². The van der Waals surface area contributed by atoms with E-state index >= 15 is 0 Å². The number of hydrogen-bond donors (Lipinski definition) is 2. The van der Waals surface area contributed by atoms with Crippen molar-refractivity contribution < 1.29 is 14.4 Å². The summed E-state index contributed by atoms with van der Waals surface area (Å²) < 4.78 is 1.30. The molecule has 136 valence electrons. The summed E-state index contributed by atoms with van der Waals surface area (Å²) in [4.78, 5) is 32.5. The number of likely N-dealkylation sites (tertiary alicyclic amines) is 1. The normalized spacial score (nSPS) is 25.0. The molecule has 0 radical (unpaired) electrons. The van der Waals surface area contributed by atoms with Gasteiger partial charge < -0.3 is 10.1 Å². The van der Waals surface area contributed by atoms with Crippen molar-refractivity contribution >= 4 is 43.6 Å². The number of thiophene rings is 1. The third-order valence-electron chi connectivity index (χ3n) is 5.25. The molecule has 0 bridgehead atoms. The van der Waals surface area contributed by atoms with E-state index in [2.05, 4.69) is 25.9 Å². The summed E-state index contributed by atoms with van der Waals surface area (Å²) >= 11 is 4.74. The Morgan fingerprint density at radius 1 is 1.40 bits per heavy atom. The van der Waals surface area contributed by atoms with Gasteiger partial charge in [0.1, 0.15) is 10.2 Å². The van der Waals surface area contributed by atoms with Crippen LogP contribution in [0.2, 0.25) is 0 Å². The van der Waals surface area contributed by atoms with Crippen LogP contribution in [0.3, 0.4) is 0 Å². The number of aromatic nitrogens is 2. The molecule has 0 aliphatic carbocycles. The second-order valence-electron chi connectivity index (χ2n) is 7.63. The van der Waals surface area contributed by atoms with Crippen LogP contribution in [0.15, 0.2) is 14.6 Å². The highest BCUT2D eigenvalue weighted by Gasteiger charge is 2.55. The van der Waals surface area contributed by atoms with Gasteiger partial charge in [-0.15, -0.1) is 11.3 Å². The highest BCUT2D eigenvalue weighted by atomic mass is 79.9. The summed E-state index contributed by atoms with van der Waals surface area (Å²) in [5.74, 6) is 0.488. The fourth-order valence-electron chi connectivity index (χ4n) is 4.00. The van der Waals surface area contributed by atoms with Gasteiger partial charge in [-0.05, 0) is 62.0 Å². The summed E-state index contributed by atoms with van der Waals surface area (Å²) in [5, 5.41) is 10.2. The fraction of sp³-hybridized carbons (Fsp3) is 0.588. The summed E-state index contributed by atoms with van der Waals surface area (Å²) in [7, 11) is 0. The monoisotopic (exact) mass is 428 g/mol. The molecule has 3 heterocycles. The molecule has 1 saturated heterocycles. The van der Waals surface area contributed by atoms with Crippen LogP contribution in [0.5, 0.6) is 0 Å². The number of quaternary nitrogens is 1. The Balaban J connectivity index is 2.23. The molecule has 0 aromatic carbocycles. The Morgan fingerprint density at radius 3 is 2.76 bits per heavy atom. The average Bonchev–Trinajstić information content (AvgIpc) is 2.74. The zero-order valence-corrected chi connectivity index (χ0v) is 17.0. The first kappa shape index (κ1) is 18.5. The second kappa shape index (κ2) is 6.48. The Morgan fingerprint density at radius 2 is 2.12 bits per heavy atom. The number of carbonyl (C=O) groups is 1. The van der Waals surface area contributed by atoms with E-state index in [1.165, 1.54) is 11.3 Å². The summed E-state index contributed by atoms with van der Waals surface area (Å²) in [6, 6.07) is 1.46. The molecule has 25 heavy (non-hydrogen) atoms. The van der Waals surface area contributed by atoms with Crippen LogP contribution in [0.25, 0.3) is 10.2 Å². The highest BCUT2D eigenvalue weighted by molar-refractivity contribution is 9.11. The van der Waals surface area contributed by atoms with Crippen molar-refractivity contribution in [3.8, 4) is 0 Å². The van der Waals surface area contributed by atoms with Gasteiger partial charge in [-0.2, -0.15) is 4.79 Å². The third-order valence-corrected chi connectivity index (χ3v) is 6.87. The van der Waals surface area contributed by atoms with E-state index in [0.717, 1.165) is 23.0 Å². The van der Waals surface area contributed by atoms with Gasteiger partial charge in [-0.3, -0.25) is 4.79 Å². The lowest BCUT2D eigenvalue weighted by Gasteiger charge is -2.47. The molecule has 2 aromatic heterocycles. The zero-order chi connectivity index (χ0) is 18.4. The Bertz CT molecular complexity index is 870. The molecule has 0 spiro atoms. The molecule has 1 aliphatic rings. The maximum atomic E-state index is 12.5. The van der Waals surface area contributed by atoms with Crippen molar-refractivity contribution in [3.05, 3.63) is 26.0 Å². The standard InChI is InChI=1S/C17H22BrN3O3S/c1-17(2,3)21(16(23)24)8-6-4-5-7-11(21)14-19-10-9-12(18)25-13(10)15(22)20-14/h9,11H,4-8H2,1-3H3,(H-,19,20,22,23,24)/p+1/t11-,21?/m0/s1. The number of amides is 1. The van der Waals surface area contributed by atoms with E-state index in [1.807, 2.05) is 26.8 Å². The number of carboxylic acid groups (broad SMARTS) is 1. The smallest absolute Gasteiger partial charge is 0.435 e. The number of aromatic amines is 1. The lowest BCUT2D eigenvalue weighted by atomic mass is 9.95. The van der Waals surface area contributed by atoms with Gasteiger partial charge in [0.15, 0.2) is 11.9 Å². The van der Waals surface area contributed by atoms with Crippen LogP contribution >= 0.6 is 27.3 Å². The van der Waals surface area contributed by atoms with Crippen LogP contribution in [-0.2, 0) is 0 Å². The summed E-state index contributed by atoms with van der Waals surface area (Å²) in [6.07, 6.45) is 2.63. The van der Waals surface area contributed by atoms with Crippen molar-refractivity contribution in [1.29, 1.82) is 0 Å². The van der Waals surface area contributed by atoms with Gasteiger partial charge in [0.05, 0.1) is 15.8 Å². The van der Waals surface area contributed by atoms with Crippen molar-refractivity contribution in [2.75, 3.05) is 6.54 Å². The minimum Gasteiger partial charge on any atom is -0.435 e. The second-order valence-corrected chi connectivity index (χ2v) is 10.1. The summed E-state index contributed by atoms with van der Waals surface area (Å²) in [5.41, 5.74) is -0.0848. The van der Waals surface area contributed by atoms with Crippen molar-refractivity contribution in [3.63, 3.8) is 0 Å². The van der Waals surface area contributed by atoms with Crippen LogP contribution in [0.1, 0.15) is 58.3 Å². The van der Waals surface area contributed by atoms with E-state index in [9.17, 15) is 14.7 Å². The van der Waals surface area contributed by atoms with Crippen molar-refractivity contribution in [2.24, 2.45) is 0 Å². The van der Waals surface area contributed by atoms with Gasteiger partial charge in [0.25, 0.3) is 5.56 Å². The number of rotatable bonds is 1. The number of nitrogens with zero attached hydrogens (tertiary/aromatic N) is 2. The first-order chi connectivity index (χ1) is 11.7. The highest BCUT2D eigenvalue weighted by Crippen LogP contribution is 2.42. The van der Waals surface area contributed by atoms with E-state index in [1.54, 1.807) is 0 Å². The van der Waals surface area contributed by atoms with Gasteiger partial charge in [0.2, 0.25) is 0 Å². The number of hydrogen-bond acceptors (Lipinski definition) is 4. The topological polar surface area (TPSA) is 83.0 Å². The Labute approximate surface area is 158 Å². The zero-order valence-electron chi connectivity index (χ0n) is 14.6. The SMILES string of the molecule is CC(C)(C)[N+]1(C(=O)O)CCCCC[C@H]1c1nc2cc(Br)sc2c(=O)[nH]1. The first-order valence-electron chi connectivity index (χ1n) is 8.47. The lowest BCUT2D eigenvalue weighted by Crippen LogP contribution is -2.65. The number of H-pyrrole nitrogens is 1. The van der Waals surface area contributed by atoms with E-state index < -0.39 is 11.6 Å². The molecule has 1 aliphatic heterocycles. The minimum atomic E-state index is -0.853. The quantitative estimate of drug-likeness (QED) is 0.647. The van der Waals surface area contributed by atoms with E-state index in [-0.39, 0.29) is 16.1 Å². The fourth-order valence-corrected chi connectivity index (χ4v) is 5.42. The average molecular weight is 429 g/mol. The minimum absolute atomic E-state index is 0.104. The van der Waals surface area contributed by atoms with Crippen LogP contribution in [0, 0.1) is 0 Å². The van der Waals surface area contributed by atoms with Gasteiger partial charge in [-0.25, -0.2) is 9.47 Å². The van der Waals surface area contributed by atoms with E-state index in [0.29, 0.717) is 29.0 Å². The molecule has 3 rings (SSSR count). The molecular formula is C17H23BrN3O3S+. The molecule has 2 atom stereocenters.